The number of carbonyl (C=O) groups is 1. The zero-order valence-electron chi connectivity index (χ0n) is 16.4. The fourth-order valence-electron chi connectivity index (χ4n) is 5.73. The third-order valence-corrected chi connectivity index (χ3v) is 7.72. The molecule has 4 fully saturated rings. The smallest absolute Gasteiger partial charge is 0.225 e. The largest absolute Gasteiger partial charge is 0.342 e. The Morgan fingerprint density at radius 2 is 1.70 bits per heavy atom. The van der Waals surface area contributed by atoms with Gasteiger partial charge in [-0.15, -0.1) is 0 Å². The average Bonchev–Trinajstić information content (AvgIpc) is 3.35. The summed E-state index contributed by atoms with van der Waals surface area (Å²) in [4.78, 5) is 17.4. The van der Waals surface area contributed by atoms with Crippen molar-refractivity contribution < 1.29 is 4.79 Å². The summed E-state index contributed by atoms with van der Waals surface area (Å²) in [5.41, 5.74) is 1.74. The predicted molar refractivity (Wildman–Crippen MR) is 108 cm³/mol. The number of hydrogen-bond acceptors (Lipinski definition) is 3. The maximum absolute atomic E-state index is 12.5. The second-order valence-electron chi connectivity index (χ2n) is 9.43. The SMILES string of the molecule is O=C(C1CC1)N1CCC(CCN2CC3CNCC3C2)(c2ccccc2)CC1. The van der Waals surface area contributed by atoms with Gasteiger partial charge in [-0.3, -0.25) is 4.79 Å². The molecule has 3 heterocycles. The lowest BCUT2D eigenvalue weighted by Crippen LogP contribution is -2.47. The highest BCUT2D eigenvalue weighted by molar-refractivity contribution is 5.81. The molecule has 0 aromatic heterocycles. The van der Waals surface area contributed by atoms with Crippen molar-refractivity contribution in [3.63, 3.8) is 0 Å². The lowest BCUT2D eigenvalue weighted by molar-refractivity contribution is -0.134. The van der Waals surface area contributed by atoms with E-state index < -0.39 is 0 Å². The van der Waals surface area contributed by atoms with Crippen LogP contribution >= 0.6 is 0 Å². The first-order valence-corrected chi connectivity index (χ1v) is 11.0. The minimum Gasteiger partial charge on any atom is -0.342 e. The Morgan fingerprint density at radius 1 is 1.04 bits per heavy atom. The van der Waals surface area contributed by atoms with Crippen LogP contribution in [-0.4, -0.2) is 61.5 Å². The fraction of sp³-hybridized carbons (Fsp3) is 0.696. The van der Waals surface area contributed by atoms with E-state index in [1.54, 1.807) is 0 Å². The lowest BCUT2D eigenvalue weighted by Gasteiger charge is -2.43. The van der Waals surface area contributed by atoms with Crippen LogP contribution in [0.4, 0.5) is 0 Å². The first-order valence-electron chi connectivity index (χ1n) is 11.0. The molecule has 0 spiro atoms. The Hall–Kier alpha value is -1.39. The van der Waals surface area contributed by atoms with Crippen LogP contribution in [0, 0.1) is 17.8 Å². The highest BCUT2D eigenvalue weighted by atomic mass is 16.2. The molecule has 3 saturated heterocycles. The summed E-state index contributed by atoms with van der Waals surface area (Å²) in [5, 5.41) is 3.55. The van der Waals surface area contributed by atoms with Crippen molar-refractivity contribution in [2.75, 3.05) is 45.8 Å². The van der Waals surface area contributed by atoms with Crippen LogP contribution in [-0.2, 0) is 10.2 Å². The Morgan fingerprint density at radius 3 is 2.33 bits per heavy atom. The number of fused-ring (bicyclic) bond motifs is 1. The summed E-state index contributed by atoms with van der Waals surface area (Å²) >= 11 is 0. The van der Waals surface area contributed by atoms with Crippen LogP contribution in [0.15, 0.2) is 30.3 Å². The van der Waals surface area contributed by atoms with Gasteiger partial charge in [-0.2, -0.15) is 0 Å². The van der Waals surface area contributed by atoms with Crippen molar-refractivity contribution in [1.29, 1.82) is 0 Å². The van der Waals surface area contributed by atoms with Gasteiger partial charge in [-0.05, 0) is 74.6 Å². The van der Waals surface area contributed by atoms with E-state index in [1.807, 2.05) is 0 Å². The predicted octanol–water partition coefficient (Wildman–Crippen LogP) is 2.50. The molecule has 1 aliphatic carbocycles. The van der Waals surface area contributed by atoms with Crippen LogP contribution < -0.4 is 5.32 Å². The Kier molecular flexibility index (Phi) is 4.73. The van der Waals surface area contributed by atoms with Crippen LogP contribution in [0.3, 0.4) is 0 Å². The molecule has 0 bridgehead atoms. The second kappa shape index (κ2) is 7.21. The van der Waals surface area contributed by atoms with Gasteiger partial charge in [0.15, 0.2) is 0 Å². The zero-order chi connectivity index (χ0) is 18.3. The first kappa shape index (κ1) is 17.7. The number of amides is 1. The Bertz CT molecular complexity index is 651. The maximum Gasteiger partial charge on any atom is 0.225 e. The number of piperidine rings is 1. The molecule has 5 rings (SSSR count). The van der Waals surface area contributed by atoms with Gasteiger partial charge in [0.1, 0.15) is 0 Å². The molecule has 3 aliphatic heterocycles. The molecule has 1 aromatic carbocycles. The van der Waals surface area contributed by atoms with Gasteiger partial charge in [0.25, 0.3) is 0 Å². The third kappa shape index (κ3) is 3.54. The van der Waals surface area contributed by atoms with E-state index in [-0.39, 0.29) is 5.41 Å². The standard InChI is InChI=1S/C23H33N3O/c27-22(18-6-7-18)26-12-9-23(10-13-26,21-4-2-1-3-5-21)8-11-25-16-19-14-24-15-20(19)17-25/h1-5,18-20,24H,6-17H2. The number of nitrogens with one attached hydrogen (secondary N) is 1. The highest BCUT2D eigenvalue weighted by Gasteiger charge is 2.42. The molecule has 27 heavy (non-hydrogen) atoms. The molecule has 1 N–H and O–H groups in total. The van der Waals surface area contributed by atoms with Crippen LogP contribution in [0.1, 0.15) is 37.7 Å². The summed E-state index contributed by atoms with van der Waals surface area (Å²) in [6.07, 6.45) is 5.71. The van der Waals surface area contributed by atoms with Crippen LogP contribution in [0.25, 0.3) is 0 Å². The highest BCUT2D eigenvalue weighted by Crippen LogP contribution is 2.41. The van der Waals surface area contributed by atoms with Gasteiger partial charge in [0.2, 0.25) is 5.91 Å². The van der Waals surface area contributed by atoms with E-state index in [9.17, 15) is 4.79 Å². The van der Waals surface area contributed by atoms with E-state index in [1.165, 1.54) is 44.7 Å². The molecule has 1 amide bonds. The summed E-state index contributed by atoms with van der Waals surface area (Å²) in [6, 6.07) is 11.1. The monoisotopic (exact) mass is 367 g/mol. The minimum atomic E-state index is 0.248. The van der Waals surface area contributed by atoms with Crippen molar-refractivity contribution in [1.82, 2.24) is 15.1 Å². The van der Waals surface area contributed by atoms with Gasteiger partial charge in [0, 0.05) is 32.1 Å². The van der Waals surface area contributed by atoms with Crippen molar-refractivity contribution in [2.24, 2.45) is 17.8 Å². The van der Waals surface area contributed by atoms with Crippen molar-refractivity contribution in [3.05, 3.63) is 35.9 Å². The van der Waals surface area contributed by atoms with E-state index >= 15 is 0 Å². The third-order valence-electron chi connectivity index (χ3n) is 7.72. The Labute approximate surface area is 163 Å². The molecule has 1 saturated carbocycles. The van der Waals surface area contributed by atoms with Gasteiger partial charge >= 0.3 is 0 Å². The number of carbonyl (C=O) groups excluding carboxylic acids is 1. The average molecular weight is 368 g/mol. The maximum atomic E-state index is 12.5. The molecule has 146 valence electrons. The molecule has 2 unspecified atom stereocenters. The minimum absolute atomic E-state index is 0.248. The summed E-state index contributed by atoms with van der Waals surface area (Å²) in [6.45, 7) is 8.06. The quantitative estimate of drug-likeness (QED) is 0.869. The van der Waals surface area contributed by atoms with Crippen molar-refractivity contribution in [3.8, 4) is 0 Å². The van der Waals surface area contributed by atoms with Gasteiger partial charge in [-0.1, -0.05) is 30.3 Å². The lowest BCUT2D eigenvalue weighted by atomic mass is 9.70. The summed E-state index contributed by atoms with van der Waals surface area (Å²) in [7, 11) is 0. The van der Waals surface area contributed by atoms with E-state index in [0.717, 1.165) is 50.6 Å². The van der Waals surface area contributed by atoms with Gasteiger partial charge in [-0.25, -0.2) is 0 Å². The van der Waals surface area contributed by atoms with Gasteiger partial charge < -0.3 is 15.1 Å². The number of hydrogen-bond donors (Lipinski definition) is 1. The van der Waals surface area contributed by atoms with Crippen LogP contribution in [0.2, 0.25) is 0 Å². The fourth-order valence-corrected chi connectivity index (χ4v) is 5.73. The first-order chi connectivity index (χ1) is 13.2. The molecule has 2 atom stereocenters. The summed E-state index contributed by atoms with van der Waals surface area (Å²) < 4.78 is 0. The second-order valence-corrected chi connectivity index (χ2v) is 9.43. The van der Waals surface area contributed by atoms with E-state index in [0.29, 0.717) is 11.8 Å². The van der Waals surface area contributed by atoms with Crippen molar-refractivity contribution >= 4 is 5.91 Å². The van der Waals surface area contributed by atoms with E-state index in [4.69, 9.17) is 0 Å². The zero-order valence-corrected chi connectivity index (χ0v) is 16.4. The molecular formula is C23H33N3O. The molecule has 4 aliphatic rings. The Balaban J connectivity index is 1.26. The van der Waals surface area contributed by atoms with Crippen LogP contribution in [0.5, 0.6) is 0 Å². The normalized spacial score (nSPS) is 30.4. The number of likely N-dealkylation sites (tertiary alicyclic amines) is 2. The molecule has 4 nitrogen and oxygen atoms in total. The molecular weight excluding hydrogens is 334 g/mol. The number of nitrogens with zero attached hydrogens (tertiary/aromatic N) is 2. The molecule has 1 aromatic rings. The molecule has 4 heteroatoms. The molecule has 0 radical (unpaired) electrons. The summed E-state index contributed by atoms with van der Waals surface area (Å²) in [5.74, 6) is 2.52. The number of benzene rings is 1. The van der Waals surface area contributed by atoms with Crippen molar-refractivity contribution in [2.45, 2.75) is 37.5 Å². The van der Waals surface area contributed by atoms with E-state index in [2.05, 4.69) is 45.4 Å². The van der Waals surface area contributed by atoms with Gasteiger partial charge in [0.05, 0.1) is 0 Å². The number of rotatable bonds is 5. The topological polar surface area (TPSA) is 35.6 Å².